The fourth-order valence-corrected chi connectivity index (χ4v) is 4.33. The van der Waals surface area contributed by atoms with Gasteiger partial charge in [-0.05, 0) is 12.0 Å². The molecule has 1 aliphatic heterocycles. The summed E-state index contributed by atoms with van der Waals surface area (Å²) in [6.45, 7) is 3.15. The number of aliphatic hydroxyl groups excluding tert-OH is 1. The zero-order valence-corrected chi connectivity index (χ0v) is 21.8. The minimum Gasteiger partial charge on any atom is -0.471 e. The van der Waals surface area contributed by atoms with Gasteiger partial charge in [-0.1, -0.05) is 67.6 Å². The van der Waals surface area contributed by atoms with E-state index < -0.39 is 24.7 Å². The normalized spacial score (nSPS) is 19.9. The topological polar surface area (TPSA) is 136 Å². The van der Waals surface area contributed by atoms with Crippen molar-refractivity contribution in [2.75, 3.05) is 25.7 Å². The number of fused-ring (bicyclic) bond motifs is 1. The monoisotopic (exact) mass is 535 g/mol. The van der Waals surface area contributed by atoms with Gasteiger partial charge in [0.05, 0.1) is 19.0 Å². The molecule has 1 unspecified atom stereocenters. The van der Waals surface area contributed by atoms with Crippen LogP contribution in [-0.4, -0.2) is 56.8 Å². The van der Waals surface area contributed by atoms with E-state index in [-0.39, 0.29) is 25.2 Å². The lowest BCUT2D eigenvalue weighted by atomic mass is 10.2. The van der Waals surface area contributed by atoms with Crippen molar-refractivity contribution >= 4 is 17.1 Å². The lowest BCUT2D eigenvalue weighted by molar-refractivity contribution is -0.214. The molecule has 0 bridgehead atoms. The number of aromatic nitrogens is 4. The zero-order valence-electron chi connectivity index (χ0n) is 21.8. The molecule has 4 atom stereocenters. The van der Waals surface area contributed by atoms with Crippen molar-refractivity contribution in [3.05, 3.63) is 78.1 Å². The van der Waals surface area contributed by atoms with E-state index in [0.717, 1.165) is 17.5 Å². The maximum atomic E-state index is 10.8. The van der Waals surface area contributed by atoms with Crippen LogP contribution in [0.4, 0.5) is 5.95 Å². The summed E-state index contributed by atoms with van der Waals surface area (Å²) in [6, 6.07) is 19.3. The molecule has 1 fully saturated rings. The highest BCUT2D eigenvalue weighted by Gasteiger charge is 2.37. The lowest BCUT2D eigenvalue weighted by Gasteiger charge is -2.22. The van der Waals surface area contributed by atoms with Crippen LogP contribution >= 0.6 is 0 Å². The molecule has 0 saturated carbocycles. The molecular formula is C28H33N5O6. The van der Waals surface area contributed by atoms with Gasteiger partial charge in [0.15, 0.2) is 17.5 Å². The predicted molar refractivity (Wildman–Crippen MR) is 142 cm³/mol. The second-order valence-electron chi connectivity index (χ2n) is 9.19. The molecule has 5 rings (SSSR count). The average Bonchev–Trinajstić information content (AvgIpc) is 3.55. The Hall–Kier alpha value is -3.61. The van der Waals surface area contributed by atoms with Gasteiger partial charge in [-0.3, -0.25) is 4.57 Å². The van der Waals surface area contributed by atoms with E-state index in [9.17, 15) is 5.11 Å². The number of hydrogen-bond donors (Lipinski definition) is 2. The van der Waals surface area contributed by atoms with Crippen LogP contribution in [0.5, 0.6) is 5.88 Å². The van der Waals surface area contributed by atoms with Crippen LogP contribution in [0.1, 0.15) is 43.4 Å². The summed E-state index contributed by atoms with van der Waals surface area (Å²) in [4.78, 5) is 13.1. The van der Waals surface area contributed by atoms with Gasteiger partial charge in [0.25, 0.3) is 0 Å². The Balaban J connectivity index is 1.26. The highest BCUT2D eigenvalue weighted by molar-refractivity contribution is 5.77. The summed E-state index contributed by atoms with van der Waals surface area (Å²) < 4.78 is 31.2. The minimum absolute atomic E-state index is 0.0545. The minimum atomic E-state index is -0.770. The first-order chi connectivity index (χ1) is 19.1. The van der Waals surface area contributed by atoms with Gasteiger partial charge in [-0.15, -0.1) is 0 Å². The molecule has 1 saturated heterocycles. The molecule has 0 spiro atoms. The number of nitrogens with zero attached hydrogens (tertiary/aromatic N) is 4. The smallest absolute Gasteiger partial charge is 0.247 e. The number of hydrogen-bond acceptors (Lipinski definition) is 10. The van der Waals surface area contributed by atoms with Crippen LogP contribution in [0.15, 0.2) is 67.0 Å². The van der Waals surface area contributed by atoms with Crippen molar-refractivity contribution in [1.82, 2.24) is 19.5 Å². The summed E-state index contributed by atoms with van der Waals surface area (Å²) in [7, 11) is 0. The number of aliphatic hydroxyl groups is 1. The Labute approximate surface area is 226 Å². The van der Waals surface area contributed by atoms with Crippen LogP contribution in [0.3, 0.4) is 0 Å². The van der Waals surface area contributed by atoms with Gasteiger partial charge in [-0.2, -0.15) is 9.97 Å². The van der Waals surface area contributed by atoms with E-state index in [1.54, 1.807) is 10.9 Å². The summed E-state index contributed by atoms with van der Waals surface area (Å²) >= 11 is 0. The Bertz CT molecular complexity index is 1320. The third kappa shape index (κ3) is 6.70. The number of ether oxygens (including phenoxy) is 5. The first-order valence-electron chi connectivity index (χ1n) is 13.0. The molecule has 3 heterocycles. The van der Waals surface area contributed by atoms with Crippen molar-refractivity contribution in [2.24, 2.45) is 0 Å². The van der Waals surface area contributed by atoms with E-state index in [1.807, 2.05) is 67.6 Å². The van der Waals surface area contributed by atoms with E-state index >= 15 is 0 Å². The second-order valence-corrected chi connectivity index (χ2v) is 9.19. The number of anilines is 1. The number of rotatable bonds is 13. The van der Waals surface area contributed by atoms with Gasteiger partial charge >= 0.3 is 0 Å². The van der Waals surface area contributed by atoms with Crippen LogP contribution in [-0.2, 0) is 25.6 Å². The highest BCUT2D eigenvalue weighted by atomic mass is 16.7. The molecule has 11 heteroatoms. The third-order valence-corrected chi connectivity index (χ3v) is 6.27. The van der Waals surface area contributed by atoms with Crippen molar-refractivity contribution in [2.45, 2.75) is 51.1 Å². The molecule has 1 aliphatic rings. The second kappa shape index (κ2) is 13.0. The number of imidazole rings is 1. The Morgan fingerprint density at radius 1 is 1.08 bits per heavy atom. The first kappa shape index (κ1) is 27.0. The summed E-state index contributed by atoms with van der Waals surface area (Å²) in [5.41, 5.74) is 8.75. The molecule has 39 heavy (non-hydrogen) atoms. The maximum Gasteiger partial charge on any atom is 0.247 e. The van der Waals surface area contributed by atoms with Crippen LogP contribution in [0.2, 0.25) is 0 Å². The highest BCUT2D eigenvalue weighted by Crippen LogP contribution is 2.34. The Kier molecular flexibility index (Phi) is 8.96. The molecule has 11 nitrogen and oxygen atoms in total. The fourth-order valence-electron chi connectivity index (χ4n) is 4.33. The zero-order chi connectivity index (χ0) is 27.0. The van der Waals surface area contributed by atoms with Crippen LogP contribution < -0.4 is 10.5 Å². The van der Waals surface area contributed by atoms with Crippen molar-refractivity contribution in [3.8, 4) is 5.88 Å². The van der Waals surface area contributed by atoms with Gasteiger partial charge in [-0.25, -0.2) is 4.98 Å². The van der Waals surface area contributed by atoms with Crippen LogP contribution in [0, 0.1) is 0 Å². The van der Waals surface area contributed by atoms with Gasteiger partial charge in [0.2, 0.25) is 11.8 Å². The Morgan fingerprint density at radius 3 is 2.62 bits per heavy atom. The van der Waals surface area contributed by atoms with Crippen molar-refractivity contribution in [3.63, 3.8) is 0 Å². The van der Waals surface area contributed by atoms with Crippen LogP contribution in [0.25, 0.3) is 11.2 Å². The first-order valence-corrected chi connectivity index (χ1v) is 13.0. The lowest BCUT2D eigenvalue weighted by Crippen LogP contribution is -2.28. The van der Waals surface area contributed by atoms with E-state index in [2.05, 4.69) is 15.0 Å². The van der Waals surface area contributed by atoms with Crippen molar-refractivity contribution in [1.29, 1.82) is 0 Å². The largest absolute Gasteiger partial charge is 0.471 e. The predicted octanol–water partition coefficient (Wildman–Crippen LogP) is 3.75. The van der Waals surface area contributed by atoms with E-state index in [4.69, 9.17) is 29.4 Å². The van der Waals surface area contributed by atoms with Gasteiger partial charge in [0.1, 0.15) is 25.7 Å². The molecule has 0 amide bonds. The molecular weight excluding hydrogens is 502 g/mol. The number of nitrogen functional groups attached to an aromatic ring is 1. The SMILES string of the molecule is CCCOCOC(OC[C@H]1O[C@@H](n2cnc3c(OCc4ccccc4)nc(N)nc32)C[C@@H]1O)c1ccccc1. The summed E-state index contributed by atoms with van der Waals surface area (Å²) in [5, 5.41) is 10.8. The van der Waals surface area contributed by atoms with Crippen molar-refractivity contribution < 1.29 is 28.8 Å². The molecule has 0 aliphatic carbocycles. The third-order valence-electron chi connectivity index (χ3n) is 6.27. The number of benzene rings is 2. The molecule has 0 radical (unpaired) electrons. The number of nitrogens with two attached hydrogens (primary N) is 1. The molecule has 206 valence electrons. The molecule has 2 aromatic heterocycles. The van der Waals surface area contributed by atoms with Gasteiger partial charge < -0.3 is 34.5 Å². The van der Waals surface area contributed by atoms with E-state index in [1.165, 1.54) is 0 Å². The Morgan fingerprint density at radius 2 is 1.85 bits per heavy atom. The quantitative estimate of drug-likeness (QED) is 0.192. The summed E-state index contributed by atoms with van der Waals surface area (Å²) in [5.74, 6) is 0.338. The molecule has 4 aromatic rings. The molecule has 2 aromatic carbocycles. The fraction of sp³-hybridized carbons (Fsp3) is 0.393. The molecule has 3 N–H and O–H groups in total. The van der Waals surface area contributed by atoms with E-state index in [0.29, 0.717) is 30.8 Å². The standard InChI is InChI=1S/C28H33N5O6/c1-2-13-35-18-38-27(20-11-7-4-8-12-20)37-16-22-21(34)14-23(39-22)33-17-30-24-25(33)31-28(29)32-26(24)36-15-19-9-5-3-6-10-19/h3-12,17,21-23,27,34H,2,13-16,18H2,1H3,(H2,29,31,32)/t21-,22+,23+,27?/m0/s1. The average molecular weight is 536 g/mol. The van der Waals surface area contributed by atoms with Gasteiger partial charge in [0, 0.05) is 18.6 Å². The maximum absolute atomic E-state index is 10.8. The summed E-state index contributed by atoms with van der Waals surface area (Å²) in [6.07, 6.45) is 0.252.